The summed E-state index contributed by atoms with van der Waals surface area (Å²) >= 11 is 0. The Morgan fingerprint density at radius 1 is 1.33 bits per heavy atom. The number of aromatic nitrogens is 2. The molecule has 2 aromatic heterocycles. The Labute approximate surface area is 156 Å². The minimum absolute atomic E-state index is 0.00741. The Morgan fingerprint density at radius 3 is 2.81 bits per heavy atom. The molecule has 0 spiro atoms. The van der Waals surface area contributed by atoms with E-state index in [2.05, 4.69) is 10.3 Å². The Bertz CT molecular complexity index is 877. The predicted octanol–water partition coefficient (Wildman–Crippen LogP) is 1.35. The molecule has 8 heteroatoms. The standard InChI is InChI=1S/C19H23FN4O3/c1-11-7-13(22-18(26)12-8-14(25)9-12)4-6-23(11)19(27)17-21-10-16-15(20)3-2-5-24(16)17/h2-3,5,10-14,25H,4,6-9H2,1H3,(H,22,26). The van der Waals surface area contributed by atoms with E-state index in [1.54, 1.807) is 17.2 Å². The van der Waals surface area contributed by atoms with Crippen molar-refractivity contribution in [3.63, 3.8) is 0 Å². The second-order valence-electron chi connectivity index (χ2n) is 7.59. The van der Waals surface area contributed by atoms with Gasteiger partial charge in [0.15, 0.2) is 0 Å². The van der Waals surface area contributed by atoms with Gasteiger partial charge in [0.2, 0.25) is 11.7 Å². The van der Waals surface area contributed by atoms with E-state index in [0.29, 0.717) is 32.2 Å². The molecule has 2 atom stereocenters. The summed E-state index contributed by atoms with van der Waals surface area (Å²) in [6.07, 6.45) is 5.02. The molecule has 1 saturated heterocycles. The Hall–Kier alpha value is -2.48. The molecular weight excluding hydrogens is 351 g/mol. The van der Waals surface area contributed by atoms with E-state index in [1.165, 1.54) is 16.7 Å². The minimum atomic E-state index is -0.417. The van der Waals surface area contributed by atoms with E-state index in [0.717, 1.165) is 0 Å². The van der Waals surface area contributed by atoms with Crippen molar-refractivity contribution < 1.29 is 19.1 Å². The molecule has 1 saturated carbocycles. The molecule has 2 aliphatic rings. The van der Waals surface area contributed by atoms with Crippen LogP contribution in [0.5, 0.6) is 0 Å². The lowest BCUT2D eigenvalue weighted by Crippen LogP contribution is -2.53. The van der Waals surface area contributed by atoms with E-state index >= 15 is 0 Å². The lowest BCUT2D eigenvalue weighted by Gasteiger charge is -2.39. The molecule has 0 radical (unpaired) electrons. The van der Waals surface area contributed by atoms with Crippen LogP contribution in [0.1, 0.15) is 43.2 Å². The van der Waals surface area contributed by atoms with Crippen molar-refractivity contribution in [3.8, 4) is 0 Å². The molecule has 7 nitrogen and oxygen atoms in total. The number of fused-ring (bicyclic) bond motifs is 1. The first-order valence-corrected chi connectivity index (χ1v) is 9.35. The molecular formula is C19H23FN4O3. The lowest BCUT2D eigenvalue weighted by atomic mass is 9.81. The molecule has 2 aromatic rings. The lowest BCUT2D eigenvalue weighted by molar-refractivity contribution is -0.132. The third-order valence-corrected chi connectivity index (χ3v) is 5.68. The Morgan fingerprint density at radius 2 is 2.11 bits per heavy atom. The zero-order valence-electron chi connectivity index (χ0n) is 15.1. The number of rotatable bonds is 3. The van der Waals surface area contributed by atoms with Gasteiger partial charge in [-0.1, -0.05) is 0 Å². The van der Waals surface area contributed by atoms with E-state index in [9.17, 15) is 19.1 Å². The maximum absolute atomic E-state index is 13.8. The van der Waals surface area contributed by atoms with Gasteiger partial charge in [-0.25, -0.2) is 9.37 Å². The van der Waals surface area contributed by atoms with Crippen LogP contribution < -0.4 is 5.32 Å². The van der Waals surface area contributed by atoms with Crippen LogP contribution in [0.2, 0.25) is 0 Å². The maximum Gasteiger partial charge on any atom is 0.290 e. The fourth-order valence-corrected chi connectivity index (χ4v) is 4.00. The first kappa shape index (κ1) is 17.9. The van der Waals surface area contributed by atoms with E-state index in [4.69, 9.17) is 0 Å². The summed E-state index contributed by atoms with van der Waals surface area (Å²) in [5, 5.41) is 12.4. The monoisotopic (exact) mass is 374 g/mol. The topological polar surface area (TPSA) is 86.9 Å². The number of piperidine rings is 1. The van der Waals surface area contributed by atoms with Gasteiger partial charge in [0, 0.05) is 30.7 Å². The van der Waals surface area contributed by atoms with Gasteiger partial charge in [-0.3, -0.25) is 14.0 Å². The van der Waals surface area contributed by atoms with E-state index in [-0.39, 0.29) is 47.3 Å². The van der Waals surface area contributed by atoms with Crippen molar-refractivity contribution in [2.45, 2.75) is 50.8 Å². The van der Waals surface area contributed by atoms with Gasteiger partial charge >= 0.3 is 0 Å². The van der Waals surface area contributed by atoms with Crippen LogP contribution >= 0.6 is 0 Å². The second-order valence-corrected chi connectivity index (χ2v) is 7.59. The summed E-state index contributed by atoms with van der Waals surface area (Å²) in [7, 11) is 0. The number of hydrogen-bond donors (Lipinski definition) is 2. The van der Waals surface area contributed by atoms with E-state index in [1.807, 2.05) is 6.92 Å². The number of aliphatic hydroxyl groups excluding tert-OH is 1. The summed E-state index contributed by atoms with van der Waals surface area (Å²) in [5.74, 6) is -0.560. The molecule has 2 amide bonds. The fourth-order valence-electron chi connectivity index (χ4n) is 4.00. The van der Waals surface area contributed by atoms with Crippen LogP contribution in [0.3, 0.4) is 0 Å². The van der Waals surface area contributed by atoms with Gasteiger partial charge in [0.05, 0.1) is 12.3 Å². The fraction of sp³-hybridized carbons (Fsp3) is 0.526. The molecule has 1 aliphatic carbocycles. The Balaban J connectivity index is 1.41. The molecule has 2 N–H and O–H groups in total. The average Bonchev–Trinajstić information content (AvgIpc) is 3.04. The summed E-state index contributed by atoms with van der Waals surface area (Å²) < 4.78 is 15.3. The molecule has 27 heavy (non-hydrogen) atoms. The highest BCUT2D eigenvalue weighted by Crippen LogP contribution is 2.28. The van der Waals surface area contributed by atoms with Gasteiger partial charge in [-0.05, 0) is 44.7 Å². The summed E-state index contributed by atoms with van der Waals surface area (Å²) in [6.45, 7) is 2.45. The third-order valence-electron chi connectivity index (χ3n) is 5.68. The molecule has 0 aromatic carbocycles. The van der Waals surface area contributed by atoms with Gasteiger partial charge in [0.25, 0.3) is 5.91 Å². The molecule has 0 bridgehead atoms. The molecule has 1 aliphatic heterocycles. The summed E-state index contributed by atoms with van der Waals surface area (Å²) in [5.41, 5.74) is 0.276. The normalized spacial score (nSPS) is 28.0. The highest BCUT2D eigenvalue weighted by molar-refractivity contribution is 5.92. The van der Waals surface area contributed by atoms with Crippen molar-refractivity contribution in [1.29, 1.82) is 0 Å². The SMILES string of the molecule is CC1CC(NC(=O)C2CC(O)C2)CCN1C(=O)c1ncc2c(F)cccn12. The van der Waals surface area contributed by atoms with Crippen molar-refractivity contribution >= 4 is 17.3 Å². The van der Waals surface area contributed by atoms with Crippen molar-refractivity contribution in [3.05, 3.63) is 36.2 Å². The van der Waals surface area contributed by atoms with Crippen molar-refractivity contribution in [2.75, 3.05) is 6.54 Å². The predicted molar refractivity (Wildman–Crippen MR) is 95.5 cm³/mol. The van der Waals surface area contributed by atoms with Crippen LogP contribution in [0.15, 0.2) is 24.5 Å². The number of carbonyl (C=O) groups excluding carboxylic acids is 2. The van der Waals surface area contributed by atoms with Gasteiger partial charge in [-0.15, -0.1) is 0 Å². The van der Waals surface area contributed by atoms with Crippen LogP contribution in [-0.4, -0.2) is 55.9 Å². The third kappa shape index (κ3) is 3.29. The average molecular weight is 374 g/mol. The van der Waals surface area contributed by atoms with Crippen LogP contribution in [-0.2, 0) is 4.79 Å². The van der Waals surface area contributed by atoms with Gasteiger partial charge < -0.3 is 15.3 Å². The molecule has 4 rings (SSSR count). The minimum Gasteiger partial charge on any atom is -0.393 e. The second kappa shape index (κ2) is 6.92. The number of halogens is 1. The summed E-state index contributed by atoms with van der Waals surface area (Å²) in [6, 6.07) is 2.83. The van der Waals surface area contributed by atoms with Gasteiger partial charge in [-0.2, -0.15) is 0 Å². The quantitative estimate of drug-likeness (QED) is 0.849. The largest absolute Gasteiger partial charge is 0.393 e. The number of pyridine rings is 1. The summed E-state index contributed by atoms with van der Waals surface area (Å²) in [4.78, 5) is 31.0. The van der Waals surface area contributed by atoms with Gasteiger partial charge in [0.1, 0.15) is 11.3 Å². The first-order chi connectivity index (χ1) is 12.9. The molecule has 144 valence electrons. The number of nitrogens with zero attached hydrogens (tertiary/aromatic N) is 3. The first-order valence-electron chi connectivity index (χ1n) is 9.35. The number of aliphatic hydroxyl groups is 1. The van der Waals surface area contributed by atoms with Crippen molar-refractivity contribution in [1.82, 2.24) is 19.6 Å². The number of likely N-dealkylation sites (tertiary alicyclic amines) is 1. The van der Waals surface area contributed by atoms with Crippen LogP contribution in [0.4, 0.5) is 4.39 Å². The van der Waals surface area contributed by atoms with Crippen LogP contribution in [0, 0.1) is 11.7 Å². The molecule has 3 heterocycles. The van der Waals surface area contributed by atoms with Crippen molar-refractivity contribution in [2.24, 2.45) is 5.92 Å². The smallest absolute Gasteiger partial charge is 0.290 e. The Kier molecular flexibility index (Phi) is 4.59. The highest BCUT2D eigenvalue weighted by Gasteiger charge is 2.36. The number of nitrogens with one attached hydrogen (secondary N) is 1. The number of carbonyl (C=O) groups is 2. The highest BCUT2D eigenvalue weighted by atomic mass is 19.1. The zero-order chi connectivity index (χ0) is 19.1. The number of imidazole rings is 1. The van der Waals surface area contributed by atoms with E-state index < -0.39 is 5.82 Å². The molecule has 2 fully saturated rings. The number of amides is 2. The molecule has 2 unspecified atom stereocenters. The number of hydrogen-bond acceptors (Lipinski definition) is 4. The maximum atomic E-state index is 13.8. The van der Waals surface area contributed by atoms with Crippen LogP contribution in [0.25, 0.3) is 5.52 Å². The zero-order valence-corrected chi connectivity index (χ0v) is 15.1.